The summed E-state index contributed by atoms with van der Waals surface area (Å²) in [6.07, 6.45) is -0.135. The van der Waals surface area contributed by atoms with Crippen molar-refractivity contribution in [2.24, 2.45) is 0 Å². The molecule has 0 bridgehead atoms. The molecule has 3 rings (SSSR count). The van der Waals surface area contributed by atoms with Crippen molar-refractivity contribution in [3.05, 3.63) is 59.7 Å². The molecule has 30 heavy (non-hydrogen) atoms. The van der Waals surface area contributed by atoms with E-state index >= 15 is 0 Å². The zero-order chi connectivity index (χ0) is 21.9. The number of benzene rings is 2. The number of rotatable bonds is 6. The number of aromatic nitrogens is 3. The molecule has 0 atom stereocenters. The number of carbonyl (C=O) groups is 1. The van der Waals surface area contributed by atoms with Gasteiger partial charge in [-0.05, 0) is 43.4 Å². The summed E-state index contributed by atoms with van der Waals surface area (Å²) in [5.74, 6) is 0.681. The number of thioether (sulfide) groups is 1. The molecule has 6 heteroatoms. The van der Waals surface area contributed by atoms with Gasteiger partial charge in [-0.3, -0.25) is 9.36 Å². The average Bonchev–Trinajstić information content (AvgIpc) is 3.09. The smallest absolute Gasteiger partial charge is 0.316 e. The fourth-order valence-corrected chi connectivity index (χ4v) is 3.85. The van der Waals surface area contributed by atoms with Crippen LogP contribution in [0.4, 0.5) is 0 Å². The molecular weight excluding hydrogens is 394 g/mol. The first kappa shape index (κ1) is 22.1. The highest BCUT2D eigenvalue weighted by molar-refractivity contribution is 7.99. The summed E-state index contributed by atoms with van der Waals surface area (Å²) in [6.45, 7) is 12.3. The molecule has 3 aromatic rings. The van der Waals surface area contributed by atoms with Crippen LogP contribution in [0.5, 0.6) is 0 Å². The van der Waals surface area contributed by atoms with Gasteiger partial charge in [-0.25, -0.2) is 0 Å². The van der Waals surface area contributed by atoms with Crippen LogP contribution < -0.4 is 0 Å². The van der Waals surface area contributed by atoms with Gasteiger partial charge in [0.15, 0.2) is 11.0 Å². The normalized spacial score (nSPS) is 11.7. The predicted octanol–water partition coefficient (Wildman–Crippen LogP) is 5.58. The van der Waals surface area contributed by atoms with Gasteiger partial charge in [0.2, 0.25) is 0 Å². The largest absolute Gasteiger partial charge is 0.462 e. The first-order valence-electron chi connectivity index (χ1n) is 10.1. The second-order valence-corrected chi connectivity index (χ2v) is 9.53. The molecule has 0 aliphatic heterocycles. The Bertz CT molecular complexity index is 1020. The van der Waals surface area contributed by atoms with Crippen molar-refractivity contribution in [2.45, 2.75) is 58.2 Å². The summed E-state index contributed by atoms with van der Waals surface area (Å²) in [5, 5.41) is 9.54. The maximum atomic E-state index is 12.0. The van der Waals surface area contributed by atoms with E-state index in [1.54, 1.807) is 0 Å². The molecular formula is C24H29N3O2S. The third-order valence-corrected chi connectivity index (χ3v) is 5.59. The number of ether oxygens (including phenoxy) is 1. The summed E-state index contributed by atoms with van der Waals surface area (Å²) in [7, 11) is 0. The quantitative estimate of drug-likeness (QED) is 0.382. The monoisotopic (exact) mass is 423 g/mol. The van der Waals surface area contributed by atoms with E-state index in [0.717, 1.165) is 22.6 Å². The Hall–Kier alpha value is -2.60. The van der Waals surface area contributed by atoms with Gasteiger partial charge in [0.25, 0.3) is 0 Å². The van der Waals surface area contributed by atoms with Crippen molar-refractivity contribution in [1.82, 2.24) is 14.8 Å². The van der Waals surface area contributed by atoms with E-state index in [2.05, 4.69) is 68.2 Å². The highest BCUT2D eigenvalue weighted by Gasteiger charge is 2.20. The first-order chi connectivity index (χ1) is 14.2. The minimum atomic E-state index is -0.259. The van der Waals surface area contributed by atoms with Crippen molar-refractivity contribution < 1.29 is 9.53 Å². The molecule has 0 aliphatic carbocycles. The van der Waals surface area contributed by atoms with Crippen LogP contribution in [-0.2, 0) is 14.9 Å². The first-order valence-corrected chi connectivity index (χ1v) is 11.1. The molecule has 0 aliphatic rings. The van der Waals surface area contributed by atoms with Crippen molar-refractivity contribution in [3.63, 3.8) is 0 Å². The molecule has 0 spiro atoms. The summed E-state index contributed by atoms with van der Waals surface area (Å²) >= 11 is 1.34. The van der Waals surface area contributed by atoms with Crippen LogP contribution in [0.15, 0.2) is 53.7 Å². The third-order valence-electron chi connectivity index (χ3n) is 4.69. The zero-order valence-electron chi connectivity index (χ0n) is 18.5. The van der Waals surface area contributed by atoms with Gasteiger partial charge in [-0.1, -0.05) is 75.0 Å². The Morgan fingerprint density at radius 1 is 1.07 bits per heavy atom. The highest BCUT2D eigenvalue weighted by atomic mass is 32.2. The summed E-state index contributed by atoms with van der Waals surface area (Å²) in [6, 6.07) is 16.6. The lowest BCUT2D eigenvalue weighted by Crippen LogP contribution is -2.13. The maximum absolute atomic E-state index is 12.0. The van der Waals surface area contributed by atoms with Crippen molar-refractivity contribution >= 4 is 17.7 Å². The van der Waals surface area contributed by atoms with Gasteiger partial charge in [0.1, 0.15) is 0 Å². The third kappa shape index (κ3) is 5.11. The van der Waals surface area contributed by atoms with Gasteiger partial charge in [0.05, 0.1) is 17.5 Å². The van der Waals surface area contributed by atoms with E-state index in [1.165, 1.54) is 17.3 Å². The predicted molar refractivity (Wildman–Crippen MR) is 122 cm³/mol. The molecule has 0 unspecified atom stereocenters. The van der Waals surface area contributed by atoms with Gasteiger partial charge >= 0.3 is 5.97 Å². The second-order valence-electron chi connectivity index (χ2n) is 8.58. The SMILES string of the molecule is Cc1ccccc1-n1c(SCC(=O)OC(C)C)nnc1-c1ccc(C(C)(C)C)cc1. The number of aryl methyl sites for hydroxylation is 1. The number of hydrogen-bond donors (Lipinski definition) is 0. The Morgan fingerprint density at radius 3 is 2.33 bits per heavy atom. The van der Waals surface area contributed by atoms with E-state index in [0.29, 0.717) is 5.16 Å². The molecule has 158 valence electrons. The zero-order valence-corrected chi connectivity index (χ0v) is 19.3. The molecule has 0 amide bonds. The molecule has 5 nitrogen and oxygen atoms in total. The fourth-order valence-electron chi connectivity index (χ4n) is 3.12. The summed E-state index contributed by atoms with van der Waals surface area (Å²) in [4.78, 5) is 12.0. The maximum Gasteiger partial charge on any atom is 0.316 e. The lowest BCUT2D eigenvalue weighted by Gasteiger charge is -2.19. The Kier molecular flexibility index (Phi) is 6.66. The number of esters is 1. The molecule has 1 aromatic heterocycles. The molecule has 0 saturated carbocycles. The van der Waals surface area contributed by atoms with E-state index in [-0.39, 0.29) is 23.2 Å². The minimum absolute atomic E-state index is 0.0833. The van der Waals surface area contributed by atoms with Crippen molar-refractivity contribution in [1.29, 1.82) is 0 Å². The van der Waals surface area contributed by atoms with Gasteiger partial charge in [-0.2, -0.15) is 0 Å². The van der Waals surface area contributed by atoms with Gasteiger partial charge in [0, 0.05) is 5.56 Å². The molecule has 0 N–H and O–H groups in total. The number of nitrogens with zero attached hydrogens (tertiary/aromatic N) is 3. The van der Waals surface area contributed by atoms with Crippen molar-refractivity contribution in [2.75, 3.05) is 5.75 Å². The highest BCUT2D eigenvalue weighted by Crippen LogP contribution is 2.31. The van der Waals surface area contributed by atoms with E-state index in [9.17, 15) is 4.79 Å². The molecule has 0 saturated heterocycles. The van der Waals surface area contributed by atoms with Gasteiger partial charge < -0.3 is 4.74 Å². The van der Waals surface area contributed by atoms with Crippen LogP contribution in [0, 0.1) is 6.92 Å². The molecule has 0 fully saturated rings. The van der Waals surface area contributed by atoms with Crippen LogP contribution in [0.3, 0.4) is 0 Å². The van der Waals surface area contributed by atoms with E-state index in [1.807, 2.05) is 36.6 Å². The van der Waals surface area contributed by atoms with Gasteiger partial charge in [-0.15, -0.1) is 10.2 Å². The van der Waals surface area contributed by atoms with E-state index in [4.69, 9.17) is 4.74 Å². The van der Waals surface area contributed by atoms with Crippen molar-refractivity contribution in [3.8, 4) is 17.1 Å². The van der Waals surface area contributed by atoms with Crippen LogP contribution in [0.25, 0.3) is 17.1 Å². The molecule has 1 heterocycles. The Labute approximate surface area is 182 Å². The summed E-state index contributed by atoms with van der Waals surface area (Å²) in [5.41, 5.74) is 4.43. The lowest BCUT2D eigenvalue weighted by molar-refractivity contribution is -0.144. The Balaban J connectivity index is 2.01. The number of para-hydroxylation sites is 1. The fraction of sp³-hybridized carbons (Fsp3) is 0.375. The minimum Gasteiger partial charge on any atom is -0.462 e. The average molecular weight is 424 g/mol. The molecule has 0 radical (unpaired) electrons. The lowest BCUT2D eigenvalue weighted by atomic mass is 9.87. The summed E-state index contributed by atoms with van der Waals surface area (Å²) < 4.78 is 7.28. The number of carbonyl (C=O) groups excluding carboxylic acids is 1. The number of hydrogen-bond acceptors (Lipinski definition) is 5. The van der Waals surface area contributed by atoms with Crippen LogP contribution in [0.1, 0.15) is 45.7 Å². The van der Waals surface area contributed by atoms with E-state index < -0.39 is 0 Å². The standard InChI is InChI=1S/C24H29N3O2S/c1-16(2)29-21(28)15-30-23-26-25-22(27(23)20-10-8-7-9-17(20)3)18-11-13-19(14-12-18)24(4,5)6/h7-14,16H,15H2,1-6H3. The van der Waals surface area contributed by atoms with Crippen LogP contribution in [0.2, 0.25) is 0 Å². The molecule has 2 aromatic carbocycles. The Morgan fingerprint density at radius 2 is 1.73 bits per heavy atom. The topological polar surface area (TPSA) is 57.0 Å². The van der Waals surface area contributed by atoms with Crippen LogP contribution in [-0.4, -0.2) is 32.6 Å². The second kappa shape index (κ2) is 9.04. The van der Waals surface area contributed by atoms with Crippen LogP contribution >= 0.6 is 11.8 Å².